The maximum Gasteiger partial charge on any atom is 0.181 e. The number of hydrogen-bond acceptors (Lipinski definition) is 5. The second kappa shape index (κ2) is 6.75. The van der Waals surface area contributed by atoms with Gasteiger partial charge in [0.2, 0.25) is 0 Å². The molecule has 0 saturated carbocycles. The van der Waals surface area contributed by atoms with Gasteiger partial charge in [-0.05, 0) is 28.8 Å². The highest BCUT2D eigenvalue weighted by atomic mass is 35.5. The maximum atomic E-state index is 6.25. The smallest absolute Gasteiger partial charge is 0.181 e. The highest BCUT2D eigenvalue weighted by Crippen LogP contribution is 2.33. The molecule has 0 spiro atoms. The zero-order chi connectivity index (χ0) is 17.1. The van der Waals surface area contributed by atoms with Crippen LogP contribution in [0.2, 0.25) is 5.15 Å². The van der Waals surface area contributed by atoms with E-state index in [0.717, 1.165) is 22.1 Å². The Hall–Kier alpha value is -3.18. The molecule has 0 radical (unpaired) electrons. The van der Waals surface area contributed by atoms with E-state index >= 15 is 0 Å². The van der Waals surface area contributed by atoms with Gasteiger partial charge in [0.15, 0.2) is 11.0 Å². The lowest BCUT2D eigenvalue weighted by Crippen LogP contribution is -2.04. The minimum Gasteiger partial charge on any atom is -0.350 e. The van der Waals surface area contributed by atoms with Crippen LogP contribution in [0.5, 0.6) is 0 Å². The van der Waals surface area contributed by atoms with E-state index < -0.39 is 0 Å². The molecule has 0 bridgehead atoms. The molecule has 0 aliphatic carbocycles. The molecule has 3 aromatic carbocycles. The van der Waals surface area contributed by atoms with Crippen molar-refractivity contribution < 1.29 is 0 Å². The van der Waals surface area contributed by atoms with Gasteiger partial charge in [-0.15, -0.1) is 10.2 Å². The molecule has 122 valence electrons. The van der Waals surface area contributed by atoms with Crippen LogP contribution in [0.4, 0.5) is 22.9 Å². The van der Waals surface area contributed by atoms with Gasteiger partial charge in [-0.1, -0.05) is 66.2 Å². The molecule has 4 aromatic rings. The first-order valence-electron chi connectivity index (χ1n) is 7.77. The molecule has 6 heteroatoms. The van der Waals surface area contributed by atoms with Crippen molar-refractivity contribution >= 4 is 45.3 Å². The summed E-state index contributed by atoms with van der Waals surface area (Å²) < 4.78 is 0. The number of nitrogens with zero attached hydrogens (tertiary/aromatic N) is 3. The van der Waals surface area contributed by atoms with Gasteiger partial charge in [-0.25, -0.2) is 0 Å². The van der Waals surface area contributed by atoms with Crippen molar-refractivity contribution in [2.75, 3.05) is 10.6 Å². The lowest BCUT2D eigenvalue weighted by molar-refractivity contribution is 0.874. The number of anilines is 4. The normalized spacial score (nSPS) is 10.6. The first kappa shape index (κ1) is 15.4. The largest absolute Gasteiger partial charge is 0.350 e. The van der Waals surface area contributed by atoms with Crippen molar-refractivity contribution in [1.82, 2.24) is 15.4 Å². The van der Waals surface area contributed by atoms with Crippen molar-refractivity contribution in [2.45, 2.75) is 0 Å². The SMILES string of the molecule is Clc1nnnc(Nc2cccc3ccccc23)c1Nc1ccccc1. The third-order valence-corrected chi connectivity index (χ3v) is 4.07. The molecule has 0 aliphatic rings. The van der Waals surface area contributed by atoms with Crippen LogP contribution in [0.3, 0.4) is 0 Å². The molecule has 4 rings (SSSR count). The third kappa shape index (κ3) is 3.22. The van der Waals surface area contributed by atoms with Crippen molar-refractivity contribution in [2.24, 2.45) is 0 Å². The van der Waals surface area contributed by atoms with E-state index in [4.69, 9.17) is 11.6 Å². The predicted molar refractivity (Wildman–Crippen MR) is 102 cm³/mol. The van der Waals surface area contributed by atoms with Crippen LogP contribution in [0.1, 0.15) is 0 Å². The maximum absolute atomic E-state index is 6.25. The van der Waals surface area contributed by atoms with Gasteiger partial charge >= 0.3 is 0 Å². The van der Waals surface area contributed by atoms with Crippen molar-refractivity contribution in [3.05, 3.63) is 77.9 Å². The highest BCUT2D eigenvalue weighted by Gasteiger charge is 2.13. The van der Waals surface area contributed by atoms with E-state index in [1.807, 2.05) is 54.6 Å². The van der Waals surface area contributed by atoms with Gasteiger partial charge in [0.05, 0.1) is 0 Å². The van der Waals surface area contributed by atoms with Crippen LogP contribution < -0.4 is 10.6 Å². The van der Waals surface area contributed by atoms with Crippen LogP contribution in [-0.4, -0.2) is 15.4 Å². The molecule has 25 heavy (non-hydrogen) atoms. The fourth-order valence-electron chi connectivity index (χ4n) is 2.63. The minimum atomic E-state index is 0.251. The van der Waals surface area contributed by atoms with Crippen LogP contribution in [0, 0.1) is 0 Å². The van der Waals surface area contributed by atoms with E-state index in [0.29, 0.717) is 11.5 Å². The number of nitrogens with one attached hydrogen (secondary N) is 2. The van der Waals surface area contributed by atoms with Gasteiger partial charge in [0.25, 0.3) is 0 Å². The summed E-state index contributed by atoms with van der Waals surface area (Å²) in [7, 11) is 0. The van der Waals surface area contributed by atoms with E-state index in [1.165, 1.54) is 0 Å². The first-order valence-corrected chi connectivity index (χ1v) is 8.15. The summed E-state index contributed by atoms with van der Waals surface area (Å²) in [6.45, 7) is 0. The standard InChI is InChI=1S/C19H14ClN5/c20-18-17(21-14-9-2-1-3-10-14)19(24-25-23-18)22-16-12-6-8-13-7-4-5-11-15(13)16/h1-12H,(H,21,25)(H,22,23,24). The second-order valence-corrected chi connectivity index (χ2v) is 5.80. The summed E-state index contributed by atoms with van der Waals surface area (Å²) in [4.78, 5) is 0. The molecule has 0 aliphatic heterocycles. The number of para-hydroxylation sites is 1. The summed E-state index contributed by atoms with van der Waals surface area (Å²) in [5.74, 6) is 0.514. The van der Waals surface area contributed by atoms with Crippen LogP contribution in [-0.2, 0) is 0 Å². The number of hydrogen-bond donors (Lipinski definition) is 2. The Balaban J connectivity index is 1.74. The van der Waals surface area contributed by atoms with Gasteiger partial charge < -0.3 is 10.6 Å². The molecule has 0 fully saturated rings. The Bertz CT molecular complexity index is 1020. The zero-order valence-corrected chi connectivity index (χ0v) is 13.9. The third-order valence-electron chi connectivity index (χ3n) is 3.81. The lowest BCUT2D eigenvalue weighted by Gasteiger charge is -2.14. The summed E-state index contributed by atoms with van der Waals surface area (Å²) in [5.41, 5.74) is 2.39. The molecule has 1 heterocycles. The van der Waals surface area contributed by atoms with Crippen LogP contribution in [0.25, 0.3) is 10.8 Å². The van der Waals surface area contributed by atoms with Crippen LogP contribution in [0.15, 0.2) is 72.8 Å². The molecule has 0 atom stereocenters. The lowest BCUT2D eigenvalue weighted by atomic mass is 10.1. The van der Waals surface area contributed by atoms with Gasteiger partial charge in [0, 0.05) is 16.8 Å². The molecule has 1 aromatic heterocycles. The Morgan fingerprint density at radius 1 is 0.720 bits per heavy atom. The number of halogens is 1. The summed E-state index contributed by atoms with van der Waals surface area (Å²) in [5, 5.41) is 20.7. The van der Waals surface area contributed by atoms with Gasteiger partial charge in [-0.3, -0.25) is 0 Å². The van der Waals surface area contributed by atoms with E-state index in [1.54, 1.807) is 0 Å². The Morgan fingerprint density at radius 3 is 2.36 bits per heavy atom. The summed E-state index contributed by atoms with van der Waals surface area (Å²) in [6.07, 6.45) is 0. The second-order valence-electron chi connectivity index (χ2n) is 5.45. The number of rotatable bonds is 4. The Labute approximate surface area is 149 Å². The minimum absolute atomic E-state index is 0.251. The van der Waals surface area contributed by atoms with E-state index in [2.05, 4.69) is 44.2 Å². The molecule has 0 amide bonds. The highest BCUT2D eigenvalue weighted by molar-refractivity contribution is 6.32. The van der Waals surface area contributed by atoms with Gasteiger partial charge in [0.1, 0.15) is 5.69 Å². The molecule has 2 N–H and O–H groups in total. The zero-order valence-electron chi connectivity index (χ0n) is 13.1. The average Bonchev–Trinajstić information content (AvgIpc) is 2.66. The fraction of sp³-hybridized carbons (Fsp3) is 0. The number of aromatic nitrogens is 3. The van der Waals surface area contributed by atoms with E-state index in [-0.39, 0.29) is 5.15 Å². The molecule has 5 nitrogen and oxygen atoms in total. The quantitative estimate of drug-likeness (QED) is 0.533. The van der Waals surface area contributed by atoms with Crippen molar-refractivity contribution in [1.29, 1.82) is 0 Å². The first-order chi connectivity index (χ1) is 12.3. The molecule has 0 unspecified atom stereocenters. The summed E-state index contributed by atoms with van der Waals surface area (Å²) in [6, 6.07) is 23.9. The van der Waals surface area contributed by atoms with Gasteiger partial charge in [-0.2, -0.15) is 0 Å². The number of benzene rings is 3. The monoisotopic (exact) mass is 347 g/mol. The molecular weight excluding hydrogens is 334 g/mol. The van der Waals surface area contributed by atoms with Crippen molar-refractivity contribution in [3.8, 4) is 0 Å². The predicted octanol–water partition coefficient (Wildman–Crippen LogP) is 5.17. The number of fused-ring (bicyclic) bond motifs is 1. The summed E-state index contributed by atoms with van der Waals surface area (Å²) >= 11 is 6.25. The fourth-order valence-corrected chi connectivity index (χ4v) is 2.80. The van der Waals surface area contributed by atoms with E-state index in [9.17, 15) is 0 Å². The molecule has 0 saturated heterocycles. The Morgan fingerprint density at radius 2 is 1.48 bits per heavy atom. The average molecular weight is 348 g/mol. The van der Waals surface area contributed by atoms with Crippen molar-refractivity contribution in [3.63, 3.8) is 0 Å². The topological polar surface area (TPSA) is 62.7 Å². The Kier molecular flexibility index (Phi) is 4.14. The molecular formula is C19H14ClN5. The van der Waals surface area contributed by atoms with Crippen LogP contribution >= 0.6 is 11.6 Å².